The number of anilines is 1. The van der Waals surface area contributed by atoms with Crippen LogP contribution in [0.4, 0.5) is 5.69 Å². The van der Waals surface area contributed by atoms with Crippen molar-refractivity contribution in [1.29, 1.82) is 0 Å². The van der Waals surface area contributed by atoms with Crippen LogP contribution in [0.3, 0.4) is 0 Å². The molecular weight excluding hydrogens is 380 g/mol. The van der Waals surface area contributed by atoms with Crippen LogP contribution >= 0.6 is 11.3 Å². The van der Waals surface area contributed by atoms with E-state index < -0.39 is 0 Å². The van der Waals surface area contributed by atoms with E-state index in [1.54, 1.807) is 0 Å². The van der Waals surface area contributed by atoms with Gasteiger partial charge in [0.15, 0.2) is 5.82 Å². The van der Waals surface area contributed by atoms with Crippen molar-refractivity contribution >= 4 is 33.0 Å². The van der Waals surface area contributed by atoms with Gasteiger partial charge in [0.2, 0.25) is 0 Å². The van der Waals surface area contributed by atoms with Crippen LogP contribution < -0.4 is 5.32 Å². The third-order valence-electron chi connectivity index (χ3n) is 5.56. The molecule has 2 aromatic carbocycles. The number of fused-ring (bicyclic) bond motifs is 2. The van der Waals surface area contributed by atoms with E-state index in [0.717, 1.165) is 56.4 Å². The zero-order valence-corrected chi connectivity index (χ0v) is 17.1. The molecule has 1 aliphatic heterocycles. The first-order valence-corrected chi connectivity index (χ1v) is 10.8. The van der Waals surface area contributed by atoms with E-state index in [-0.39, 0.29) is 5.91 Å². The van der Waals surface area contributed by atoms with Crippen molar-refractivity contribution in [2.24, 2.45) is 0 Å². The molecule has 6 heteroatoms. The zero-order valence-electron chi connectivity index (χ0n) is 16.3. The minimum Gasteiger partial charge on any atom is -0.321 e. The SMILES string of the molecule is Cc1c(C(=O)Nc2ccc(-c3nnc4n3CCCCC4)cc2)sc2ccccc12. The van der Waals surface area contributed by atoms with Crippen molar-refractivity contribution in [1.82, 2.24) is 14.8 Å². The number of rotatable bonds is 3. The second-order valence-electron chi connectivity index (χ2n) is 7.49. The van der Waals surface area contributed by atoms with E-state index in [0.29, 0.717) is 0 Å². The van der Waals surface area contributed by atoms with Crippen LogP contribution in [-0.4, -0.2) is 20.7 Å². The molecule has 0 unspecified atom stereocenters. The molecule has 0 bridgehead atoms. The highest BCUT2D eigenvalue weighted by Gasteiger charge is 2.17. The summed E-state index contributed by atoms with van der Waals surface area (Å²) in [6, 6.07) is 16.0. The van der Waals surface area contributed by atoms with Gasteiger partial charge in [0, 0.05) is 28.9 Å². The molecular formula is C23H22N4OS. The van der Waals surface area contributed by atoms with Gasteiger partial charge in [-0.1, -0.05) is 24.6 Å². The van der Waals surface area contributed by atoms with Crippen molar-refractivity contribution in [3.05, 3.63) is 64.8 Å². The maximum atomic E-state index is 12.8. The fourth-order valence-corrected chi connectivity index (χ4v) is 5.08. The standard InChI is InChI=1S/C23H22N4OS/c1-15-18-7-4-5-8-19(18)29-21(15)23(28)24-17-12-10-16(11-13-17)22-26-25-20-9-3-2-6-14-27(20)22/h4-5,7-8,10-13H,2-3,6,9,14H2,1H3,(H,24,28). The Hall–Kier alpha value is -2.99. The molecule has 0 atom stereocenters. The highest BCUT2D eigenvalue weighted by Crippen LogP contribution is 2.31. The van der Waals surface area contributed by atoms with Crippen LogP contribution in [-0.2, 0) is 13.0 Å². The van der Waals surface area contributed by atoms with Gasteiger partial charge in [0.05, 0.1) is 4.88 Å². The summed E-state index contributed by atoms with van der Waals surface area (Å²) in [6.45, 7) is 2.98. The number of aryl methyl sites for hydroxylation is 2. The quantitative estimate of drug-likeness (QED) is 0.496. The summed E-state index contributed by atoms with van der Waals surface area (Å²) in [5.41, 5.74) is 2.85. The molecule has 0 fully saturated rings. The van der Waals surface area contributed by atoms with Crippen LogP contribution in [0.15, 0.2) is 48.5 Å². The Kier molecular flexibility index (Phi) is 4.64. The molecule has 1 N–H and O–H groups in total. The summed E-state index contributed by atoms with van der Waals surface area (Å²) < 4.78 is 3.37. The second-order valence-corrected chi connectivity index (χ2v) is 8.54. The molecule has 0 radical (unpaired) electrons. The number of nitrogens with one attached hydrogen (secondary N) is 1. The van der Waals surface area contributed by atoms with Gasteiger partial charge >= 0.3 is 0 Å². The molecule has 5 rings (SSSR count). The van der Waals surface area contributed by atoms with Crippen LogP contribution in [0.25, 0.3) is 21.5 Å². The Labute approximate surface area is 173 Å². The van der Waals surface area contributed by atoms with E-state index >= 15 is 0 Å². The monoisotopic (exact) mass is 402 g/mol. The molecule has 0 aliphatic carbocycles. The van der Waals surface area contributed by atoms with Crippen molar-refractivity contribution in [2.75, 3.05) is 5.32 Å². The summed E-state index contributed by atoms with van der Waals surface area (Å²) in [7, 11) is 0. The number of amides is 1. The highest BCUT2D eigenvalue weighted by atomic mass is 32.1. The van der Waals surface area contributed by atoms with Gasteiger partial charge in [-0.05, 0) is 61.0 Å². The molecule has 0 saturated heterocycles. The number of aromatic nitrogens is 3. The lowest BCUT2D eigenvalue weighted by Gasteiger charge is -2.08. The van der Waals surface area contributed by atoms with E-state index in [1.165, 1.54) is 30.6 Å². The first-order valence-electron chi connectivity index (χ1n) is 10.0. The van der Waals surface area contributed by atoms with Crippen LogP contribution in [0.2, 0.25) is 0 Å². The summed E-state index contributed by atoms with van der Waals surface area (Å²) in [6.07, 6.45) is 4.58. The fourth-order valence-electron chi connectivity index (χ4n) is 3.98. The van der Waals surface area contributed by atoms with Gasteiger partial charge in [-0.25, -0.2) is 0 Å². The lowest BCUT2D eigenvalue weighted by atomic mass is 10.1. The van der Waals surface area contributed by atoms with E-state index in [9.17, 15) is 4.79 Å². The van der Waals surface area contributed by atoms with Gasteiger partial charge in [0.25, 0.3) is 5.91 Å². The van der Waals surface area contributed by atoms with Crippen molar-refractivity contribution in [3.63, 3.8) is 0 Å². The fraction of sp³-hybridized carbons (Fsp3) is 0.261. The predicted molar refractivity (Wildman–Crippen MR) is 118 cm³/mol. The van der Waals surface area contributed by atoms with Gasteiger partial charge in [-0.15, -0.1) is 21.5 Å². The van der Waals surface area contributed by atoms with E-state index in [2.05, 4.69) is 32.2 Å². The molecule has 146 valence electrons. The van der Waals surface area contributed by atoms with Gasteiger partial charge in [0.1, 0.15) is 5.82 Å². The largest absolute Gasteiger partial charge is 0.321 e. The Morgan fingerprint density at radius 3 is 2.69 bits per heavy atom. The van der Waals surface area contributed by atoms with Gasteiger partial charge in [-0.3, -0.25) is 4.79 Å². The minimum absolute atomic E-state index is 0.0622. The number of carbonyl (C=O) groups excluding carboxylic acids is 1. The minimum atomic E-state index is -0.0622. The lowest BCUT2D eigenvalue weighted by Crippen LogP contribution is -2.11. The first-order chi connectivity index (χ1) is 14.2. The van der Waals surface area contributed by atoms with Crippen LogP contribution in [0.1, 0.15) is 40.3 Å². The van der Waals surface area contributed by atoms with Crippen molar-refractivity contribution in [3.8, 4) is 11.4 Å². The molecule has 29 heavy (non-hydrogen) atoms. The molecule has 1 aliphatic rings. The Morgan fingerprint density at radius 2 is 1.86 bits per heavy atom. The molecule has 3 heterocycles. The number of hydrogen-bond acceptors (Lipinski definition) is 4. The normalized spacial score (nSPS) is 13.8. The third kappa shape index (κ3) is 3.34. The molecule has 1 amide bonds. The molecule has 0 saturated carbocycles. The average molecular weight is 403 g/mol. The summed E-state index contributed by atoms with van der Waals surface area (Å²) in [5, 5.41) is 13.0. The number of carbonyl (C=O) groups is 1. The second kappa shape index (κ2) is 7.44. The summed E-state index contributed by atoms with van der Waals surface area (Å²) in [4.78, 5) is 13.6. The third-order valence-corrected chi connectivity index (χ3v) is 6.83. The molecule has 5 nitrogen and oxygen atoms in total. The Morgan fingerprint density at radius 1 is 1.03 bits per heavy atom. The predicted octanol–water partition coefficient (Wildman–Crippen LogP) is 5.45. The molecule has 4 aromatic rings. The number of nitrogens with zero attached hydrogens (tertiary/aromatic N) is 3. The Bertz CT molecular complexity index is 1190. The van der Waals surface area contributed by atoms with Crippen LogP contribution in [0, 0.1) is 6.92 Å². The van der Waals surface area contributed by atoms with Gasteiger partial charge < -0.3 is 9.88 Å². The van der Waals surface area contributed by atoms with Crippen LogP contribution in [0.5, 0.6) is 0 Å². The summed E-state index contributed by atoms with van der Waals surface area (Å²) in [5.74, 6) is 1.93. The number of thiophene rings is 1. The highest BCUT2D eigenvalue weighted by molar-refractivity contribution is 7.21. The Balaban J connectivity index is 1.37. The van der Waals surface area contributed by atoms with E-state index in [1.807, 2.05) is 43.3 Å². The topological polar surface area (TPSA) is 59.8 Å². The number of hydrogen-bond donors (Lipinski definition) is 1. The molecule has 2 aromatic heterocycles. The lowest BCUT2D eigenvalue weighted by molar-refractivity contribution is 0.103. The number of benzene rings is 2. The average Bonchev–Trinajstić information content (AvgIpc) is 3.21. The smallest absolute Gasteiger partial charge is 0.266 e. The summed E-state index contributed by atoms with van der Waals surface area (Å²) >= 11 is 1.54. The van der Waals surface area contributed by atoms with Gasteiger partial charge in [-0.2, -0.15) is 0 Å². The van der Waals surface area contributed by atoms with Crippen molar-refractivity contribution in [2.45, 2.75) is 39.2 Å². The first kappa shape index (κ1) is 18.1. The molecule has 0 spiro atoms. The zero-order chi connectivity index (χ0) is 19.8. The van der Waals surface area contributed by atoms with E-state index in [4.69, 9.17) is 0 Å². The maximum Gasteiger partial charge on any atom is 0.266 e. The van der Waals surface area contributed by atoms with Crippen molar-refractivity contribution < 1.29 is 4.79 Å². The maximum absolute atomic E-state index is 12.8.